The van der Waals surface area contributed by atoms with E-state index in [0.717, 1.165) is 156 Å². The number of anilines is 12. The van der Waals surface area contributed by atoms with E-state index in [4.69, 9.17) is 55.4 Å². The first-order valence-corrected chi connectivity index (χ1v) is 50.5. The summed E-state index contributed by atoms with van der Waals surface area (Å²) >= 11 is 25.1. The van der Waals surface area contributed by atoms with Gasteiger partial charge in [-0.05, 0) is 279 Å². The van der Waals surface area contributed by atoms with Crippen LogP contribution in [-0.2, 0) is 38.5 Å². The first-order valence-electron chi connectivity index (χ1n) is 49.0. The molecule has 0 aliphatic carbocycles. The van der Waals surface area contributed by atoms with Crippen molar-refractivity contribution >= 4 is 128 Å². The lowest BCUT2D eigenvalue weighted by Gasteiger charge is -2.32. The summed E-state index contributed by atoms with van der Waals surface area (Å²) < 4.78 is 86.8. The molecule has 4 saturated heterocycles. The third-order valence-electron chi connectivity index (χ3n) is 26.5. The number of carbonyl (C=O) groups is 2. The Hall–Kier alpha value is -14.9. The Balaban J connectivity index is 0.000000136. The lowest BCUT2D eigenvalue weighted by molar-refractivity contribution is -0.153. The second kappa shape index (κ2) is 47.3. The Morgan fingerprint density at radius 1 is 0.427 bits per heavy atom. The van der Waals surface area contributed by atoms with Crippen LogP contribution in [0.3, 0.4) is 0 Å². The van der Waals surface area contributed by atoms with Gasteiger partial charge in [0.25, 0.3) is 5.91 Å². The smallest absolute Gasteiger partial charge is 0.436 e. The number of benzene rings is 4. The quantitative estimate of drug-likeness (QED) is 0.0178. The van der Waals surface area contributed by atoms with Gasteiger partial charge in [-0.2, -0.15) is 53.5 Å². The minimum atomic E-state index is -4.82. The SMILES string of the molecule is CCc1noc(CN2CCC(c3cc(C)c(Nc4ncc(Cl)c(Nc5cc(C)[nH]n5)n4)cc3C)CC2)n1.Cc1cc(Nc2nc(Cc3cc(C)c(C4CCN(C(=O)c5nc(C)oc5C(F)(F)F)CC4)cc3F)ncc2Cl)n[nH]1.Cc1cc(Nc2nc(Cc3cc(C)c(C4CCN(C(=O)n5cnnn5)CC4)cc3F)ncc2Cl)n[nH]1.Cc1noc(CN2CCC(c3cc(C)c(Nc4ncc(Cl)c(Nc5cc(C)[nH]n5)n4)cc3C)CC2)n1. The van der Waals surface area contributed by atoms with Gasteiger partial charge in [0.2, 0.25) is 29.4 Å². The molecule has 0 spiro atoms. The highest BCUT2D eigenvalue weighted by atomic mass is 35.5. The van der Waals surface area contributed by atoms with Crippen LogP contribution in [0.1, 0.15) is 229 Å². The number of hydrogen-bond acceptors (Lipinski definition) is 33. The van der Waals surface area contributed by atoms with Gasteiger partial charge in [-0.3, -0.25) is 35.0 Å². The van der Waals surface area contributed by atoms with Crippen molar-refractivity contribution in [1.29, 1.82) is 0 Å². The number of halogens is 9. The normalized spacial score (nSPS) is 14.6. The number of alkyl halides is 3. The molecule has 0 saturated carbocycles. The van der Waals surface area contributed by atoms with Crippen molar-refractivity contribution in [2.45, 2.75) is 204 Å². The topological polar surface area (TPSA) is 485 Å². The zero-order valence-electron chi connectivity index (χ0n) is 84.6. The first-order chi connectivity index (χ1) is 72.0. The zero-order valence-corrected chi connectivity index (χ0v) is 87.6. The number of likely N-dealkylation sites (tertiary alicyclic amines) is 4. The number of tetrazole rings is 1. The minimum absolute atomic E-state index is 0.0661. The van der Waals surface area contributed by atoms with E-state index >= 15 is 8.78 Å². The molecular formula is C101H112Cl4F5N35O5. The molecule has 0 bridgehead atoms. The number of aromatic nitrogens is 25. The predicted molar refractivity (Wildman–Crippen MR) is 554 cm³/mol. The largest absolute Gasteiger partial charge is 0.452 e. The average Bonchev–Trinajstić information content (AvgIpc) is 1.55. The van der Waals surface area contributed by atoms with Crippen molar-refractivity contribution in [1.82, 2.24) is 146 Å². The van der Waals surface area contributed by atoms with E-state index in [9.17, 15) is 22.8 Å². The van der Waals surface area contributed by atoms with Crippen molar-refractivity contribution in [3.05, 3.63) is 278 Å². The predicted octanol–water partition coefficient (Wildman–Crippen LogP) is 21.0. The number of oxazole rings is 1. The molecule has 10 N–H and O–H groups in total. The lowest BCUT2D eigenvalue weighted by atomic mass is 9.85. The summed E-state index contributed by atoms with van der Waals surface area (Å²) in [6, 6.07) is 22.8. The van der Waals surface area contributed by atoms with Crippen molar-refractivity contribution < 1.29 is 45.0 Å². The molecule has 4 aliphatic heterocycles. The Morgan fingerprint density at radius 2 is 0.807 bits per heavy atom. The summed E-state index contributed by atoms with van der Waals surface area (Å²) in [5.41, 5.74) is 17.0. The fourth-order valence-electron chi connectivity index (χ4n) is 18.8. The number of amides is 2. The highest BCUT2D eigenvalue weighted by Gasteiger charge is 2.43. The monoisotopic (exact) mass is 2130 g/mol. The van der Waals surface area contributed by atoms with Crippen LogP contribution in [0, 0.1) is 94.7 Å². The molecule has 0 atom stereocenters. The van der Waals surface area contributed by atoms with Gasteiger partial charge in [-0.15, -0.1) is 9.78 Å². The molecule has 0 unspecified atom stereocenters. The number of H-pyrrole nitrogens is 4. The summed E-state index contributed by atoms with van der Waals surface area (Å²) in [6.07, 6.45) is 10.5. The minimum Gasteiger partial charge on any atom is -0.436 e. The van der Waals surface area contributed by atoms with Gasteiger partial charge >= 0.3 is 12.2 Å². The zero-order chi connectivity index (χ0) is 106. The summed E-state index contributed by atoms with van der Waals surface area (Å²) in [7, 11) is 0. The Bertz CT molecular complexity index is 7440. The van der Waals surface area contributed by atoms with E-state index in [1.165, 1.54) is 58.9 Å². The highest BCUT2D eigenvalue weighted by molar-refractivity contribution is 6.34. The number of carbonyl (C=O) groups excluding carboxylic acids is 2. The molecule has 49 heteroatoms. The van der Waals surface area contributed by atoms with E-state index in [2.05, 4.69) is 220 Å². The standard InChI is InChI=1S/C27H26ClF4N7O2.C26H32ClN9O.C25H30ClN9O.C23H24ClFN10O/c1-13-8-17(10-21-33-12-19(28)25(35-21)36-22-9-14(2)37-38-22)20(29)11-18(13)16-4-6-39(7-5-16)26(40)23-24(27(30,31)32)41-15(3)34-23;1-5-22-30-24(37-35-22)14-36-8-6-18(7-9-36)19-10-16(3)21(11-15(19)2)29-26-28-13-20(27)25(32-26)31-23-12-17(4)33-34-23;1-14-10-21(29-25-27-12-20(26)24(31-25)30-22-11-16(3)32-33-22)15(2)9-19(14)18-5-7-35(8-6-18)13-23-28-17(4)34-36-23;1-13-7-16(9-20-26-11-18(24)22(28-20)29-21-8-14(2)30-31-21)19(25)10-17(13)15-3-5-34(6-4-15)23(36)35-12-27-32-33-35/h8-9,11-12,16H,4-7,10H2,1-3H3,(H2,33,35,36,37,38);10-13,18H,5-9,14H2,1-4H3,(H3,28,29,31,32,33,34);9-12,18H,5-8,13H2,1-4H3,(H3,27,29,30,31,32,33);7-8,10-12,15H,3-6,9H2,1-2H3,(H2,26,28,29,30,31). The van der Waals surface area contributed by atoms with Gasteiger partial charge in [0.1, 0.15) is 49.7 Å². The van der Waals surface area contributed by atoms with Gasteiger partial charge in [0.15, 0.2) is 69.8 Å². The van der Waals surface area contributed by atoms with Crippen LogP contribution < -0.4 is 31.9 Å². The molecule has 16 heterocycles. The third-order valence-corrected chi connectivity index (χ3v) is 27.6. The fraction of sp³-hybridized carbons (Fsp3) is 0.386. The number of aryl methyl sites for hydroxylation is 13. The third kappa shape index (κ3) is 26.8. The summed E-state index contributed by atoms with van der Waals surface area (Å²) in [4.78, 5) is 80.8. The van der Waals surface area contributed by atoms with Crippen LogP contribution in [0.2, 0.25) is 20.1 Å². The molecular weight excluding hydrogens is 2020 g/mol. The number of nitrogens with zero attached hydrogens (tertiary/aromatic N) is 25. The average molecular weight is 2130 g/mol. The van der Waals surface area contributed by atoms with Crippen molar-refractivity contribution in [2.24, 2.45) is 0 Å². The maximum atomic E-state index is 15.3. The number of rotatable bonds is 26. The summed E-state index contributed by atoms with van der Waals surface area (Å²) in [6.45, 7) is 32.2. The van der Waals surface area contributed by atoms with Crippen molar-refractivity contribution in [2.75, 3.05) is 84.3 Å². The summed E-state index contributed by atoms with van der Waals surface area (Å²) in [5, 5.41) is 67.2. The van der Waals surface area contributed by atoms with Crippen LogP contribution in [-0.4, -0.2) is 210 Å². The van der Waals surface area contributed by atoms with Crippen LogP contribution in [0.25, 0.3) is 0 Å². The van der Waals surface area contributed by atoms with Crippen LogP contribution in [0.4, 0.5) is 96.6 Å². The maximum Gasteiger partial charge on any atom is 0.452 e. The fourth-order valence-corrected chi connectivity index (χ4v) is 19.4. The Morgan fingerprint density at radius 3 is 1.18 bits per heavy atom. The van der Waals surface area contributed by atoms with Gasteiger partial charge in [0.05, 0.1) is 37.9 Å². The Kier molecular flexibility index (Phi) is 33.5. The molecule has 4 aromatic carbocycles. The van der Waals surface area contributed by atoms with E-state index < -0.39 is 29.4 Å². The number of nitrogens with one attached hydrogen (secondary N) is 10. The molecule has 20 rings (SSSR count). The molecule has 0 radical (unpaired) electrons. The van der Waals surface area contributed by atoms with E-state index in [1.807, 2.05) is 79.7 Å². The molecule has 16 aromatic rings. The maximum absolute atomic E-state index is 15.3. The second-order valence-corrected chi connectivity index (χ2v) is 39.4. The van der Waals surface area contributed by atoms with E-state index in [0.29, 0.717) is 163 Å². The molecule has 12 aromatic heterocycles. The number of piperidine rings is 4. The highest BCUT2D eigenvalue weighted by Crippen LogP contribution is 2.42. The first kappa shape index (κ1) is 106. The van der Waals surface area contributed by atoms with Gasteiger partial charge < -0.3 is 55.2 Å². The van der Waals surface area contributed by atoms with Gasteiger partial charge in [-0.1, -0.05) is 87.9 Å². The molecule has 2 amide bonds. The summed E-state index contributed by atoms with van der Waals surface area (Å²) in [5.74, 6) is 6.71. The van der Waals surface area contributed by atoms with Crippen molar-refractivity contribution in [3.63, 3.8) is 0 Å². The molecule has 4 aliphatic rings. The lowest BCUT2D eigenvalue weighted by Crippen LogP contribution is -2.40. The van der Waals surface area contributed by atoms with Crippen LogP contribution >= 0.6 is 46.4 Å². The second-order valence-electron chi connectivity index (χ2n) is 37.8. The van der Waals surface area contributed by atoms with Gasteiger partial charge in [-0.25, -0.2) is 48.5 Å². The molecule has 784 valence electrons. The number of hydrogen-bond donors (Lipinski definition) is 10. The van der Waals surface area contributed by atoms with E-state index in [1.54, 1.807) is 35.5 Å². The number of aromatic amines is 4. The Labute approximate surface area is 879 Å². The molecule has 40 nitrogen and oxygen atoms in total. The van der Waals surface area contributed by atoms with Gasteiger partial charge in [0, 0.05) is 111 Å². The van der Waals surface area contributed by atoms with Crippen LogP contribution in [0.5, 0.6) is 0 Å². The van der Waals surface area contributed by atoms with E-state index in [-0.39, 0.29) is 55.5 Å². The van der Waals surface area contributed by atoms with Crippen LogP contribution in [0.15, 0.2) is 117 Å². The molecule has 4 fully saturated rings. The molecule has 150 heavy (non-hydrogen) atoms. The van der Waals surface area contributed by atoms with Crippen molar-refractivity contribution in [3.8, 4) is 0 Å².